The normalized spacial score (nSPS) is 9.57. The summed E-state index contributed by atoms with van der Waals surface area (Å²) < 4.78 is 12.8. The minimum Gasteiger partial charge on any atom is -0.505 e. The van der Waals surface area contributed by atoms with Crippen LogP contribution in [0.15, 0.2) is 30.4 Å². The number of aromatic hydroxyl groups is 1. The largest absolute Gasteiger partial charge is 0.505 e. The first-order valence-electron chi connectivity index (χ1n) is 3.96. The molecule has 3 nitrogen and oxygen atoms in total. The van der Waals surface area contributed by atoms with Crippen molar-refractivity contribution in [3.8, 4) is 5.75 Å². The molecular weight excluding hydrogens is 185 g/mol. The molecule has 0 heterocycles. The second kappa shape index (κ2) is 3.91. The van der Waals surface area contributed by atoms with Crippen molar-refractivity contribution in [2.24, 2.45) is 0 Å². The number of anilines is 1. The average molecular weight is 195 g/mol. The van der Waals surface area contributed by atoms with Gasteiger partial charge in [0.2, 0.25) is 0 Å². The molecule has 0 spiro atoms. The number of carbonyl (C=O) groups is 1. The Hall–Kier alpha value is -1.84. The number of hydrogen-bond acceptors (Lipinski definition) is 2. The predicted octanol–water partition coefficient (Wildman–Crippen LogP) is 2.05. The number of nitrogens with one attached hydrogen (secondary N) is 1. The quantitative estimate of drug-likeness (QED) is 0.560. The van der Waals surface area contributed by atoms with E-state index in [2.05, 4.69) is 11.9 Å². The molecular formula is C10H10FNO2. The number of benzene rings is 1. The van der Waals surface area contributed by atoms with Crippen molar-refractivity contribution in [3.05, 3.63) is 36.2 Å². The average Bonchev–Trinajstić information content (AvgIpc) is 2.11. The number of halogens is 1. The maximum absolute atomic E-state index is 12.8. The Balaban J connectivity index is 2.83. The highest BCUT2D eigenvalue weighted by atomic mass is 19.1. The van der Waals surface area contributed by atoms with Gasteiger partial charge in [-0.3, -0.25) is 4.79 Å². The smallest absolute Gasteiger partial charge is 0.250 e. The highest BCUT2D eigenvalue weighted by molar-refractivity contribution is 6.02. The molecule has 0 saturated heterocycles. The van der Waals surface area contributed by atoms with Crippen molar-refractivity contribution in [1.29, 1.82) is 0 Å². The van der Waals surface area contributed by atoms with E-state index < -0.39 is 11.6 Å². The first-order chi connectivity index (χ1) is 6.50. The van der Waals surface area contributed by atoms with Crippen molar-refractivity contribution in [2.45, 2.75) is 6.92 Å². The fraction of sp³-hybridized carbons (Fsp3) is 0.100. The third-order valence-corrected chi connectivity index (χ3v) is 1.59. The zero-order valence-corrected chi connectivity index (χ0v) is 7.67. The summed E-state index contributed by atoms with van der Waals surface area (Å²) in [5.41, 5.74) is 0.617. The van der Waals surface area contributed by atoms with E-state index in [9.17, 15) is 9.18 Å². The molecule has 1 aromatic carbocycles. The Morgan fingerprint density at radius 2 is 2.21 bits per heavy atom. The van der Waals surface area contributed by atoms with Gasteiger partial charge in [-0.05, 0) is 19.1 Å². The van der Waals surface area contributed by atoms with Gasteiger partial charge in [0.1, 0.15) is 0 Å². The van der Waals surface area contributed by atoms with Gasteiger partial charge in [0.15, 0.2) is 11.6 Å². The van der Waals surface area contributed by atoms with Crippen LogP contribution >= 0.6 is 0 Å². The van der Waals surface area contributed by atoms with Gasteiger partial charge in [-0.1, -0.05) is 6.58 Å². The van der Waals surface area contributed by atoms with E-state index in [-0.39, 0.29) is 11.6 Å². The molecule has 0 aliphatic heterocycles. The minimum absolute atomic E-state index is 0.285. The molecule has 2 N–H and O–H groups in total. The van der Waals surface area contributed by atoms with E-state index in [1.54, 1.807) is 6.92 Å². The summed E-state index contributed by atoms with van der Waals surface area (Å²) in [6.45, 7) is 4.98. The van der Waals surface area contributed by atoms with Crippen molar-refractivity contribution < 1.29 is 14.3 Å². The van der Waals surface area contributed by atoms with Crippen molar-refractivity contribution in [3.63, 3.8) is 0 Å². The molecule has 74 valence electrons. The van der Waals surface area contributed by atoms with Crippen molar-refractivity contribution >= 4 is 11.6 Å². The second-order valence-corrected chi connectivity index (χ2v) is 2.90. The van der Waals surface area contributed by atoms with Crippen LogP contribution in [0.2, 0.25) is 0 Å². The molecule has 1 aromatic rings. The van der Waals surface area contributed by atoms with Gasteiger partial charge < -0.3 is 10.4 Å². The van der Waals surface area contributed by atoms with E-state index in [1.165, 1.54) is 12.1 Å². The van der Waals surface area contributed by atoms with Gasteiger partial charge in [0.05, 0.1) is 0 Å². The lowest BCUT2D eigenvalue weighted by Crippen LogP contribution is -2.11. The molecule has 0 aliphatic carbocycles. The molecule has 1 rings (SSSR count). The molecule has 0 aromatic heterocycles. The molecule has 0 atom stereocenters. The first-order valence-corrected chi connectivity index (χ1v) is 3.96. The third kappa shape index (κ3) is 2.32. The highest BCUT2D eigenvalue weighted by Gasteiger charge is 2.05. The molecule has 1 amide bonds. The fourth-order valence-corrected chi connectivity index (χ4v) is 0.822. The standard InChI is InChI=1S/C10H10FNO2/c1-6(2)10(14)12-7-3-4-9(13)8(11)5-7/h3-5,13H,1H2,2H3,(H,12,14). The van der Waals surface area contributed by atoms with Crippen molar-refractivity contribution in [2.75, 3.05) is 5.32 Å². The molecule has 4 heteroatoms. The molecule has 0 fully saturated rings. The zero-order chi connectivity index (χ0) is 10.7. The van der Waals surface area contributed by atoms with Crippen LogP contribution in [-0.4, -0.2) is 11.0 Å². The van der Waals surface area contributed by atoms with Crippen LogP contribution in [0, 0.1) is 5.82 Å². The Labute approximate surface area is 80.9 Å². The highest BCUT2D eigenvalue weighted by Crippen LogP contribution is 2.19. The number of phenols is 1. The van der Waals surface area contributed by atoms with Crippen LogP contribution in [0.25, 0.3) is 0 Å². The Morgan fingerprint density at radius 1 is 1.57 bits per heavy atom. The van der Waals surface area contributed by atoms with Gasteiger partial charge in [0.25, 0.3) is 5.91 Å². The van der Waals surface area contributed by atoms with Crippen LogP contribution in [0.4, 0.5) is 10.1 Å². The van der Waals surface area contributed by atoms with Crippen LogP contribution in [0.5, 0.6) is 5.75 Å². The summed E-state index contributed by atoms with van der Waals surface area (Å²) in [7, 11) is 0. The number of amides is 1. The van der Waals surface area contributed by atoms with Crippen LogP contribution in [-0.2, 0) is 4.79 Å². The predicted molar refractivity (Wildman–Crippen MR) is 51.5 cm³/mol. The van der Waals surface area contributed by atoms with Crippen LogP contribution in [0.1, 0.15) is 6.92 Å². The van der Waals surface area contributed by atoms with E-state index in [1.807, 2.05) is 0 Å². The Morgan fingerprint density at radius 3 is 2.71 bits per heavy atom. The number of phenolic OH excluding ortho intramolecular Hbond substituents is 1. The molecule has 14 heavy (non-hydrogen) atoms. The molecule has 0 aliphatic rings. The summed E-state index contributed by atoms with van der Waals surface area (Å²) in [6.07, 6.45) is 0. The number of carbonyl (C=O) groups excluding carboxylic acids is 1. The topological polar surface area (TPSA) is 49.3 Å². The second-order valence-electron chi connectivity index (χ2n) is 2.90. The molecule has 0 radical (unpaired) electrons. The summed E-state index contributed by atoms with van der Waals surface area (Å²) >= 11 is 0. The lowest BCUT2D eigenvalue weighted by molar-refractivity contribution is -0.112. The molecule has 0 bridgehead atoms. The zero-order valence-electron chi connectivity index (χ0n) is 7.67. The van der Waals surface area contributed by atoms with Crippen LogP contribution in [0.3, 0.4) is 0 Å². The van der Waals surface area contributed by atoms with E-state index in [0.29, 0.717) is 5.57 Å². The number of rotatable bonds is 2. The van der Waals surface area contributed by atoms with E-state index in [4.69, 9.17) is 5.11 Å². The van der Waals surface area contributed by atoms with Gasteiger partial charge in [-0.2, -0.15) is 0 Å². The summed E-state index contributed by atoms with van der Waals surface area (Å²) in [5.74, 6) is -1.60. The Bertz CT molecular complexity index is 388. The number of hydrogen-bond donors (Lipinski definition) is 2. The van der Waals surface area contributed by atoms with Gasteiger partial charge in [0, 0.05) is 17.3 Å². The first kappa shape index (κ1) is 10.2. The van der Waals surface area contributed by atoms with E-state index in [0.717, 1.165) is 6.07 Å². The third-order valence-electron chi connectivity index (χ3n) is 1.59. The van der Waals surface area contributed by atoms with Gasteiger partial charge >= 0.3 is 0 Å². The summed E-state index contributed by atoms with van der Waals surface area (Å²) in [4.78, 5) is 11.1. The van der Waals surface area contributed by atoms with E-state index >= 15 is 0 Å². The maximum atomic E-state index is 12.8. The maximum Gasteiger partial charge on any atom is 0.250 e. The molecule has 0 unspecified atom stereocenters. The fourth-order valence-electron chi connectivity index (χ4n) is 0.822. The Kier molecular flexibility index (Phi) is 2.86. The van der Waals surface area contributed by atoms with Gasteiger partial charge in [-0.25, -0.2) is 4.39 Å². The van der Waals surface area contributed by atoms with Gasteiger partial charge in [-0.15, -0.1) is 0 Å². The monoisotopic (exact) mass is 195 g/mol. The van der Waals surface area contributed by atoms with Crippen LogP contribution < -0.4 is 5.32 Å². The lowest BCUT2D eigenvalue weighted by atomic mass is 10.2. The van der Waals surface area contributed by atoms with Crippen molar-refractivity contribution in [1.82, 2.24) is 0 Å². The molecule has 0 saturated carbocycles. The summed E-state index contributed by atoms with van der Waals surface area (Å²) in [6, 6.07) is 3.61. The lowest BCUT2D eigenvalue weighted by Gasteiger charge is -2.04. The minimum atomic E-state index is -0.774. The summed E-state index contributed by atoms with van der Waals surface area (Å²) in [5, 5.41) is 11.3. The SMILES string of the molecule is C=C(C)C(=O)Nc1ccc(O)c(F)c1.